The summed E-state index contributed by atoms with van der Waals surface area (Å²) in [5, 5.41) is 7.93. The highest BCUT2D eigenvalue weighted by Gasteiger charge is 2.32. The Hall–Kier alpha value is -2.22. The van der Waals surface area contributed by atoms with Gasteiger partial charge >= 0.3 is 0 Å². The van der Waals surface area contributed by atoms with E-state index in [-0.39, 0.29) is 6.04 Å². The number of hydrogen-bond donors (Lipinski definition) is 0. The smallest absolute Gasteiger partial charge is 0.256 e. The molecule has 0 bridgehead atoms. The number of aromatic nitrogens is 4. The molecule has 2 aromatic heterocycles. The number of hydrogen-bond acceptors (Lipinski definition) is 6. The van der Waals surface area contributed by atoms with Gasteiger partial charge in [0.25, 0.3) is 5.78 Å². The highest BCUT2D eigenvalue weighted by Crippen LogP contribution is 2.20. The molecule has 25 heavy (non-hydrogen) atoms. The summed E-state index contributed by atoms with van der Waals surface area (Å²) in [6.07, 6.45) is 6.78. The van der Waals surface area contributed by atoms with Crippen LogP contribution in [-0.4, -0.2) is 80.6 Å². The highest BCUT2D eigenvalue weighted by atomic mass is 16.2. The SMILES string of the molecule is CCC(C(=O)N1CCN(c2ccnc3nncn23)CC1)N1CCCC1. The van der Waals surface area contributed by atoms with Crippen molar-refractivity contribution in [3.8, 4) is 0 Å². The summed E-state index contributed by atoms with van der Waals surface area (Å²) in [6.45, 7) is 7.40. The van der Waals surface area contributed by atoms with E-state index in [9.17, 15) is 4.79 Å². The molecule has 2 saturated heterocycles. The Bertz CT molecular complexity index is 731. The first kappa shape index (κ1) is 16.3. The number of carbonyl (C=O) groups is 1. The van der Waals surface area contributed by atoms with Crippen molar-refractivity contribution >= 4 is 17.5 Å². The second kappa shape index (κ2) is 6.95. The number of rotatable bonds is 4. The molecule has 8 nitrogen and oxygen atoms in total. The molecule has 0 saturated carbocycles. The largest absolute Gasteiger partial charge is 0.354 e. The minimum absolute atomic E-state index is 0.0551. The number of likely N-dealkylation sites (tertiary alicyclic amines) is 1. The van der Waals surface area contributed by atoms with Crippen molar-refractivity contribution < 1.29 is 4.79 Å². The molecule has 4 heterocycles. The van der Waals surface area contributed by atoms with Gasteiger partial charge < -0.3 is 9.80 Å². The van der Waals surface area contributed by atoms with Crippen LogP contribution < -0.4 is 4.90 Å². The fourth-order valence-corrected chi connectivity index (χ4v) is 4.00. The van der Waals surface area contributed by atoms with Crippen LogP contribution in [0.1, 0.15) is 26.2 Å². The first-order valence-electron chi connectivity index (χ1n) is 9.20. The van der Waals surface area contributed by atoms with Gasteiger partial charge in [-0.25, -0.2) is 4.98 Å². The number of piperazine rings is 1. The summed E-state index contributed by atoms with van der Waals surface area (Å²) in [6, 6.07) is 2.03. The minimum atomic E-state index is 0.0551. The maximum absolute atomic E-state index is 13.0. The van der Waals surface area contributed by atoms with Crippen LogP contribution in [0, 0.1) is 0 Å². The van der Waals surface area contributed by atoms with Gasteiger partial charge in [-0.15, -0.1) is 10.2 Å². The maximum atomic E-state index is 13.0. The Morgan fingerprint density at radius 3 is 2.64 bits per heavy atom. The van der Waals surface area contributed by atoms with Crippen molar-refractivity contribution in [3.05, 3.63) is 18.6 Å². The van der Waals surface area contributed by atoms with Crippen LogP contribution in [0.2, 0.25) is 0 Å². The van der Waals surface area contributed by atoms with Gasteiger partial charge in [0, 0.05) is 32.4 Å². The molecular formula is C17H25N7O. The summed E-state index contributed by atoms with van der Waals surface area (Å²) >= 11 is 0. The fourth-order valence-electron chi connectivity index (χ4n) is 4.00. The highest BCUT2D eigenvalue weighted by molar-refractivity contribution is 5.82. The molecule has 2 fully saturated rings. The number of fused-ring (bicyclic) bond motifs is 1. The molecule has 0 N–H and O–H groups in total. The summed E-state index contributed by atoms with van der Waals surface area (Å²) < 4.78 is 1.90. The molecule has 1 atom stereocenters. The van der Waals surface area contributed by atoms with E-state index < -0.39 is 0 Å². The van der Waals surface area contributed by atoms with Gasteiger partial charge in [0.05, 0.1) is 6.04 Å². The average Bonchev–Trinajstić information content (AvgIpc) is 3.34. The Kier molecular flexibility index (Phi) is 4.52. The van der Waals surface area contributed by atoms with Crippen LogP contribution >= 0.6 is 0 Å². The second-order valence-corrected chi connectivity index (χ2v) is 6.78. The number of amides is 1. The third-order valence-electron chi connectivity index (χ3n) is 5.36. The first-order valence-corrected chi connectivity index (χ1v) is 9.20. The predicted molar refractivity (Wildman–Crippen MR) is 94.5 cm³/mol. The lowest BCUT2D eigenvalue weighted by Gasteiger charge is -2.38. The maximum Gasteiger partial charge on any atom is 0.256 e. The molecular weight excluding hydrogens is 318 g/mol. The molecule has 2 aliphatic rings. The average molecular weight is 343 g/mol. The zero-order valence-electron chi connectivity index (χ0n) is 14.7. The summed E-state index contributed by atoms with van der Waals surface area (Å²) in [4.78, 5) is 23.8. The van der Waals surface area contributed by atoms with Crippen molar-refractivity contribution in [3.63, 3.8) is 0 Å². The van der Waals surface area contributed by atoms with E-state index in [4.69, 9.17) is 0 Å². The summed E-state index contributed by atoms with van der Waals surface area (Å²) in [5.74, 6) is 1.94. The molecule has 0 aromatic carbocycles. The normalized spacial score (nSPS) is 20.4. The third kappa shape index (κ3) is 3.06. The molecule has 0 radical (unpaired) electrons. The number of nitrogens with zero attached hydrogens (tertiary/aromatic N) is 7. The molecule has 0 aliphatic carbocycles. The lowest BCUT2D eigenvalue weighted by atomic mass is 10.1. The lowest BCUT2D eigenvalue weighted by Crippen LogP contribution is -2.54. The molecule has 1 unspecified atom stereocenters. The zero-order valence-corrected chi connectivity index (χ0v) is 14.7. The summed E-state index contributed by atoms with van der Waals surface area (Å²) in [7, 11) is 0. The Morgan fingerprint density at radius 1 is 1.16 bits per heavy atom. The number of carbonyl (C=O) groups excluding carboxylic acids is 1. The van der Waals surface area contributed by atoms with E-state index >= 15 is 0 Å². The van der Waals surface area contributed by atoms with E-state index in [0.717, 1.165) is 51.5 Å². The molecule has 0 spiro atoms. The predicted octanol–water partition coefficient (Wildman–Crippen LogP) is 0.647. The van der Waals surface area contributed by atoms with E-state index in [2.05, 4.69) is 31.9 Å². The minimum Gasteiger partial charge on any atom is -0.354 e. The van der Waals surface area contributed by atoms with Crippen molar-refractivity contribution in [2.45, 2.75) is 32.2 Å². The van der Waals surface area contributed by atoms with Crippen LogP contribution in [0.15, 0.2) is 18.6 Å². The lowest BCUT2D eigenvalue weighted by molar-refractivity contribution is -0.137. The van der Waals surface area contributed by atoms with Crippen molar-refractivity contribution in [1.82, 2.24) is 29.4 Å². The van der Waals surface area contributed by atoms with Gasteiger partial charge in [-0.1, -0.05) is 6.92 Å². The topological polar surface area (TPSA) is 69.9 Å². The fraction of sp³-hybridized carbons (Fsp3) is 0.647. The molecule has 134 valence electrons. The van der Waals surface area contributed by atoms with E-state index in [0.29, 0.717) is 11.7 Å². The molecule has 1 amide bonds. The molecule has 2 aliphatic heterocycles. The van der Waals surface area contributed by atoms with Gasteiger partial charge in [-0.2, -0.15) is 0 Å². The van der Waals surface area contributed by atoms with Crippen LogP contribution in [0.25, 0.3) is 5.78 Å². The molecule has 2 aromatic rings. The van der Waals surface area contributed by atoms with E-state index in [1.54, 1.807) is 12.5 Å². The van der Waals surface area contributed by atoms with Crippen molar-refractivity contribution in [1.29, 1.82) is 0 Å². The monoisotopic (exact) mass is 343 g/mol. The third-order valence-corrected chi connectivity index (χ3v) is 5.36. The molecule has 4 rings (SSSR count). The van der Waals surface area contributed by atoms with Gasteiger partial charge in [-0.05, 0) is 38.4 Å². The Morgan fingerprint density at radius 2 is 1.92 bits per heavy atom. The number of anilines is 1. The summed E-state index contributed by atoms with van der Waals surface area (Å²) in [5.41, 5.74) is 0. The van der Waals surface area contributed by atoms with Crippen LogP contribution in [0.3, 0.4) is 0 Å². The van der Waals surface area contributed by atoms with Crippen LogP contribution in [0.4, 0.5) is 5.82 Å². The van der Waals surface area contributed by atoms with Crippen LogP contribution in [0.5, 0.6) is 0 Å². The Balaban J connectivity index is 1.42. The zero-order chi connectivity index (χ0) is 17.2. The van der Waals surface area contributed by atoms with Gasteiger partial charge in [-0.3, -0.25) is 14.1 Å². The van der Waals surface area contributed by atoms with Gasteiger partial charge in [0.1, 0.15) is 12.1 Å². The van der Waals surface area contributed by atoms with Crippen molar-refractivity contribution in [2.75, 3.05) is 44.2 Å². The molecule has 8 heteroatoms. The van der Waals surface area contributed by atoms with E-state index in [1.807, 2.05) is 15.4 Å². The Labute approximate surface area is 147 Å². The standard InChI is InChI=1S/C17H25N7O/c1-2-14(21-7-3-4-8-21)16(25)23-11-9-22(10-12-23)15-5-6-18-17-20-19-13-24(15)17/h5-6,13-14H,2-4,7-12H2,1H3. The van der Waals surface area contributed by atoms with Crippen molar-refractivity contribution in [2.24, 2.45) is 0 Å². The first-order chi connectivity index (χ1) is 12.3. The van der Waals surface area contributed by atoms with Crippen LogP contribution in [-0.2, 0) is 4.79 Å². The second-order valence-electron chi connectivity index (χ2n) is 6.78. The quantitative estimate of drug-likeness (QED) is 0.812. The van der Waals surface area contributed by atoms with Gasteiger partial charge in [0.15, 0.2) is 0 Å². The van der Waals surface area contributed by atoms with Gasteiger partial charge in [0.2, 0.25) is 5.91 Å². The van der Waals surface area contributed by atoms with E-state index in [1.165, 1.54) is 12.8 Å².